The number of aliphatic carboxylic acids is 1. The molecule has 11 heteroatoms. The van der Waals surface area contributed by atoms with Crippen LogP contribution in [0.2, 0.25) is 0 Å². The molecule has 190 valence electrons. The summed E-state index contributed by atoms with van der Waals surface area (Å²) in [6.07, 6.45) is -0.610. The zero-order chi connectivity index (χ0) is 25.9. The molecule has 0 spiro atoms. The zero-order valence-corrected chi connectivity index (χ0v) is 19.4. The lowest BCUT2D eigenvalue weighted by atomic mass is 9.95. The largest absolute Gasteiger partial charge is 0.489 e. The van der Waals surface area contributed by atoms with Crippen LogP contribution in [-0.2, 0) is 41.7 Å². The molecule has 3 rings (SSSR count). The number of carboxylic acids is 1. The van der Waals surface area contributed by atoms with E-state index in [0.29, 0.717) is 17.9 Å². The summed E-state index contributed by atoms with van der Waals surface area (Å²) in [5.41, 5.74) is 1.59. The number of benzene rings is 2. The smallest absolute Gasteiger partial charge is 0.332 e. The average molecular weight is 498 g/mol. The average Bonchev–Trinajstić information content (AvgIpc) is 2.86. The van der Waals surface area contributed by atoms with Gasteiger partial charge in [-0.3, -0.25) is 24.5 Å². The molecule has 1 heterocycles. The van der Waals surface area contributed by atoms with Gasteiger partial charge in [0.25, 0.3) is 0 Å². The minimum atomic E-state index is -1.17. The number of esters is 1. The van der Waals surface area contributed by atoms with Crippen molar-refractivity contribution < 1.29 is 43.3 Å². The summed E-state index contributed by atoms with van der Waals surface area (Å²) < 4.78 is 16.0. The maximum absolute atomic E-state index is 12.9. The highest BCUT2D eigenvalue weighted by molar-refractivity contribution is 6.16. The molecule has 1 aliphatic heterocycles. The molecule has 2 N–H and O–H groups in total. The predicted molar refractivity (Wildman–Crippen MR) is 123 cm³/mol. The molecular weight excluding hydrogens is 472 g/mol. The van der Waals surface area contributed by atoms with Crippen LogP contribution in [0.5, 0.6) is 5.75 Å². The van der Waals surface area contributed by atoms with Crippen LogP contribution in [0.4, 0.5) is 4.79 Å². The Kier molecular flexibility index (Phi) is 9.52. The predicted octanol–water partition coefficient (Wildman–Crippen LogP) is 1.88. The Morgan fingerprint density at radius 3 is 2.42 bits per heavy atom. The van der Waals surface area contributed by atoms with Crippen molar-refractivity contribution in [3.63, 3.8) is 0 Å². The van der Waals surface area contributed by atoms with Gasteiger partial charge in [-0.25, -0.2) is 9.69 Å². The third kappa shape index (κ3) is 7.64. The molecule has 11 nitrogen and oxygen atoms in total. The van der Waals surface area contributed by atoms with E-state index in [-0.39, 0.29) is 32.5 Å². The van der Waals surface area contributed by atoms with Crippen molar-refractivity contribution >= 4 is 29.8 Å². The van der Waals surface area contributed by atoms with Crippen LogP contribution in [-0.4, -0.2) is 59.7 Å². The number of urea groups is 1. The van der Waals surface area contributed by atoms with Gasteiger partial charge in [-0.05, 0) is 23.6 Å². The number of ether oxygens (including phenoxy) is 3. The lowest BCUT2D eigenvalue weighted by Gasteiger charge is -2.30. The fraction of sp³-hybridized carbons (Fsp3) is 0.320. The first-order valence-corrected chi connectivity index (χ1v) is 11.2. The minimum absolute atomic E-state index is 0.0145. The molecule has 2 aromatic rings. The first-order valence-electron chi connectivity index (χ1n) is 11.2. The molecule has 1 fully saturated rings. The van der Waals surface area contributed by atoms with Gasteiger partial charge in [-0.15, -0.1) is 0 Å². The van der Waals surface area contributed by atoms with Crippen LogP contribution >= 0.6 is 0 Å². The number of para-hydroxylation sites is 1. The highest BCUT2D eigenvalue weighted by atomic mass is 16.6. The summed E-state index contributed by atoms with van der Waals surface area (Å²) in [5, 5.41) is 10.7. The second-order valence-electron chi connectivity index (χ2n) is 7.85. The van der Waals surface area contributed by atoms with Crippen LogP contribution in [0.1, 0.15) is 24.0 Å². The Labute approximate surface area is 206 Å². The number of hydrogen-bond donors (Lipinski definition) is 2. The Morgan fingerprint density at radius 1 is 0.944 bits per heavy atom. The Balaban J connectivity index is 1.54. The number of nitrogens with one attached hydrogen (secondary N) is 1. The molecule has 4 amide bonds. The first-order chi connectivity index (χ1) is 17.3. The highest BCUT2D eigenvalue weighted by Gasteiger charge is 2.40. The van der Waals surface area contributed by atoms with E-state index in [0.717, 1.165) is 10.5 Å². The Hall–Kier alpha value is -4.25. The van der Waals surface area contributed by atoms with Crippen molar-refractivity contribution in [3.8, 4) is 5.75 Å². The third-order valence-corrected chi connectivity index (χ3v) is 5.24. The van der Waals surface area contributed by atoms with E-state index in [1.807, 2.05) is 30.3 Å². The fourth-order valence-corrected chi connectivity index (χ4v) is 3.38. The van der Waals surface area contributed by atoms with E-state index >= 15 is 0 Å². The van der Waals surface area contributed by atoms with Crippen LogP contribution in [0, 0.1) is 5.92 Å². The molecule has 1 saturated heterocycles. The molecule has 0 aliphatic carbocycles. The van der Waals surface area contributed by atoms with Crippen molar-refractivity contribution in [1.29, 1.82) is 0 Å². The van der Waals surface area contributed by atoms with Crippen molar-refractivity contribution in [3.05, 3.63) is 65.7 Å². The van der Waals surface area contributed by atoms with Crippen molar-refractivity contribution in [2.45, 2.75) is 25.9 Å². The third-order valence-electron chi connectivity index (χ3n) is 5.24. The van der Waals surface area contributed by atoms with Gasteiger partial charge in [-0.2, -0.15) is 0 Å². The molecule has 1 atom stereocenters. The summed E-state index contributed by atoms with van der Waals surface area (Å²) in [6.45, 7) is -0.462. The summed E-state index contributed by atoms with van der Waals surface area (Å²) in [7, 11) is 0. The van der Waals surface area contributed by atoms with E-state index in [2.05, 4.69) is 5.32 Å². The molecule has 2 aromatic carbocycles. The number of nitrogens with zero attached hydrogens (tertiary/aromatic N) is 1. The maximum atomic E-state index is 12.9. The SMILES string of the molecule is O=C(O)CCC(=O)OCCOCN1C(=O)NC(=O)C(Cc2ccccc2OCc2ccccc2)C1=O. The number of amides is 4. The van der Waals surface area contributed by atoms with E-state index in [1.54, 1.807) is 24.3 Å². The number of carbonyl (C=O) groups is 5. The molecular formula is C25H26N2O9. The Morgan fingerprint density at radius 2 is 1.67 bits per heavy atom. The van der Waals surface area contributed by atoms with Crippen LogP contribution in [0.15, 0.2) is 54.6 Å². The van der Waals surface area contributed by atoms with E-state index in [9.17, 15) is 24.0 Å². The number of hydrogen-bond acceptors (Lipinski definition) is 8. The fourth-order valence-electron chi connectivity index (χ4n) is 3.38. The van der Waals surface area contributed by atoms with Crippen molar-refractivity contribution in [2.75, 3.05) is 19.9 Å². The molecule has 1 aliphatic rings. The van der Waals surface area contributed by atoms with E-state index in [4.69, 9.17) is 19.3 Å². The molecule has 36 heavy (non-hydrogen) atoms. The summed E-state index contributed by atoms with van der Waals surface area (Å²) in [4.78, 5) is 60.2. The minimum Gasteiger partial charge on any atom is -0.489 e. The van der Waals surface area contributed by atoms with Gasteiger partial charge >= 0.3 is 18.0 Å². The molecule has 0 saturated carbocycles. The van der Waals surface area contributed by atoms with Gasteiger partial charge in [0, 0.05) is 0 Å². The van der Waals surface area contributed by atoms with Gasteiger partial charge in [-0.1, -0.05) is 48.5 Å². The first kappa shape index (κ1) is 26.4. The van der Waals surface area contributed by atoms with Gasteiger partial charge in [0.1, 0.15) is 31.6 Å². The van der Waals surface area contributed by atoms with Gasteiger partial charge in [0.2, 0.25) is 11.8 Å². The quantitative estimate of drug-likeness (QED) is 0.240. The van der Waals surface area contributed by atoms with Crippen LogP contribution in [0.25, 0.3) is 0 Å². The molecule has 0 radical (unpaired) electrons. The lowest BCUT2D eigenvalue weighted by molar-refractivity contribution is -0.151. The highest BCUT2D eigenvalue weighted by Crippen LogP contribution is 2.25. The van der Waals surface area contributed by atoms with Gasteiger partial charge in [0.15, 0.2) is 0 Å². The van der Waals surface area contributed by atoms with E-state index < -0.39 is 42.4 Å². The molecule has 1 unspecified atom stereocenters. The zero-order valence-electron chi connectivity index (χ0n) is 19.4. The second-order valence-corrected chi connectivity index (χ2v) is 7.85. The summed E-state index contributed by atoms with van der Waals surface area (Å²) in [5.74, 6) is -3.90. The normalized spacial score (nSPS) is 15.4. The van der Waals surface area contributed by atoms with E-state index in [1.165, 1.54) is 0 Å². The van der Waals surface area contributed by atoms with Crippen molar-refractivity contribution in [2.24, 2.45) is 5.92 Å². The topological polar surface area (TPSA) is 149 Å². The Bertz CT molecular complexity index is 1100. The maximum Gasteiger partial charge on any atom is 0.332 e. The lowest BCUT2D eigenvalue weighted by Crippen LogP contribution is -2.58. The number of rotatable bonds is 13. The monoisotopic (exact) mass is 498 g/mol. The molecule has 0 aromatic heterocycles. The van der Waals surface area contributed by atoms with Gasteiger partial charge in [0.05, 0.1) is 19.4 Å². The van der Waals surface area contributed by atoms with Crippen LogP contribution in [0.3, 0.4) is 0 Å². The standard InChI is InChI=1S/C25H26N2O9/c28-21(29)10-11-22(30)35-13-12-34-16-27-24(32)19(23(31)26-25(27)33)14-18-8-4-5-9-20(18)36-15-17-6-2-1-3-7-17/h1-9,19H,10-16H2,(H,28,29)(H,26,31,33). The van der Waals surface area contributed by atoms with Gasteiger partial charge < -0.3 is 19.3 Å². The van der Waals surface area contributed by atoms with Crippen LogP contribution < -0.4 is 10.1 Å². The number of carboxylic acid groups (broad SMARTS) is 1. The second kappa shape index (κ2) is 13.0. The summed E-state index contributed by atoms with van der Waals surface area (Å²) in [6, 6.07) is 15.7. The van der Waals surface area contributed by atoms with Crippen molar-refractivity contribution in [1.82, 2.24) is 10.2 Å². The number of carbonyl (C=O) groups excluding carboxylic acids is 4. The number of imide groups is 2. The number of barbiturate groups is 1. The summed E-state index contributed by atoms with van der Waals surface area (Å²) >= 11 is 0. The molecule has 0 bridgehead atoms.